The highest BCUT2D eigenvalue weighted by Crippen LogP contribution is 2.14. The fourth-order valence-corrected chi connectivity index (χ4v) is 3.06. The number of hydrogen-bond donors (Lipinski definition) is 0. The predicted octanol–water partition coefficient (Wildman–Crippen LogP) is 3.04. The highest BCUT2D eigenvalue weighted by molar-refractivity contribution is 6.30. The molecule has 0 radical (unpaired) electrons. The van der Waals surface area contributed by atoms with Gasteiger partial charge in [-0.1, -0.05) is 35.7 Å². The van der Waals surface area contributed by atoms with Crippen LogP contribution in [0, 0.1) is 11.8 Å². The molecule has 0 unspecified atom stereocenters. The Balaban J connectivity index is 1.50. The van der Waals surface area contributed by atoms with E-state index in [-0.39, 0.29) is 5.91 Å². The number of methoxy groups -OCH3 is 1. The molecule has 134 valence electrons. The molecule has 0 spiro atoms. The van der Waals surface area contributed by atoms with E-state index in [1.165, 1.54) is 5.56 Å². The van der Waals surface area contributed by atoms with Crippen molar-refractivity contribution < 1.29 is 9.53 Å². The van der Waals surface area contributed by atoms with Gasteiger partial charge >= 0.3 is 0 Å². The highest BCUT2D eigenvalue weighted by Gasteiger charge is 2.19. The normalized spacial score (nSPS) is 14.5. The number of ether oxygens (including phenoxy) is 1. The summed E-state index contributed by atoms with van der Waals surface area (Å²) in [6, 6.07) is 15.3. The molecule has 26 heavy (non-hydrogen) atoms. The van der Waals surface area contributed by atoms with Crippen molar-refractivity contribution in [1.82, 2.24) is 9.80 Å². The molecule has 0 N–H and O–H groups in total. The maximum atomic E-state index is 12.3. The van der Waals surface area contributed by atoms with Crippen LogP contribution in [0.5, 0.6) is 5.75 Å². The first-order chi connectivity index (χ1) is 12.6. The number of benzene rings is 2. The molecule has 1 saturated heterocycles. The topological polar surface area (TPSA) is 32.8 Å². The molecule has 1 amide bonds. The molecule has 0 aromatic heterocycles. The number of rotatable bonds is 3. The second kappa shape index (κ2) is 8.75. The standard InChI is InChI=1S/C21H21ClN2O2/c1-26-20-8-5-18(6-9-20)16-23-11-13-24(14-12-23)21(25)10-7-17-3-2-4-19(22)15-17/h2-6,8-9,15H,11-14,16H2,1H3. The zero-order valence-electron chi connectivity index (χ0n) is 14.7. The molecule has 4 nitrogen and oxygen atoms in total. The van der Waals surface area contributed by atoms with Crippen LogP contribution in [-0.4, -0.2) is 49.0 Å². The van der Waals surface area contributed by atoms with Gasteiger partial charge in [-0.05, 0) is 35.9 Å². The first-order valence-corrected chi connectivity index (χ1v) is 8.93. The van der Waals surface area contributed by atoms with Crippen LogP contribution in [0.2, 0.25) is 5.02 Å². The van der Waals surface area contributed by atoms with Gasteiger partial charge in [0, 0.05) is 49.2 Å². The summed E-state index contributed by atoms with van der Waals surface area (Å²) in [5, 5.41) is 0.622. The lowest BCUT2D eigenvalue weighted by molar-refractivity contribution is -0.126. The average Bonchev–Trinajstić information content (AvgIpc) is 2.67. The van der Waals surface area contributed by atoms with Crippen LogP contribution in [0.1, 0.15) is 11.1 Å². The van der Waals surface area contributed by atoms with E-state index in [9.17, 15) is 4.79 Å². The number of nitrogens with zero attached hydrogens (tertiary/aromatic N) is 2. The van der Waals surface area contributed by atoms with E-state index >= 15 is 0 Å². The average molecular weight is 369 g/mol. The number of piperazine rings is 1. The van der Waals surface area contributed by atoms with Crippen LogP contribution >= 0.6 is 11.6 Å². The summed E-state index contributed by atoms with van der Waals surface area (Å²) in [5.74, 6) is 6.35. The summed E-state index contributed by atoms with van der Waals surface area (Å²) >= 11 is 5.93. The summed E-state index contributed by atoms with van der Waals surface area (Å²) in [5.41, 5.74) is 2.00. The summed E-state index contributed by atoms with van der Waals surface area (Å²) < 4.78 is 5.18. The van der Waals surface area contributed by atoms with E-state index in [2.05, 4.69) is 28.9 Å². The van der Waals surface area contributed by atoms with Crippen LogP contribution < -0.4 is 4.74 Å². The van der Waals surface area contributed by atoms with Crippen molar-refractivity contribution in [2.24, 2.45) is 0 Å². The lowest BCUT2D eigenvalue weighted by atomic mass is 10.2. The fourth-order valence-electron chi connectivity index (χ4n) is 2.87. The van der Waals surface area contributed by atoms with E-state index in [4.69, 9.17) is 16.3 Å². The van der Waals surface area contributed by atoms with Gasteiger partial charge in [-0.25, -0.2) is 0 Å². The minimum absolute atomic E-state index is 0.130. The monoisotopic (exact) mass is 368 g/mol. The fraction of sp³-hybridized carbons (Fsp3) is 0.286. The lowest BCUT2D eigenvalue weighted by Gasteiger charge is -2.33. The first kappa shape index (κ1) is 18.3. The maximum absolute atomic E-state index is 12.3. The first-order valence-electron chi connectivity index (χ1n) is 8.56. The molecule has 1 aliphatic rings. The predicted molar refractivity (Wildman–Crippen MR) is 103 cm³/mol. The lowest BCUT2D eigenvalue weighted by Crippen LogP contribution is -2.47. The highest BCUT2D eigenvalue weighted by atomic mass is 35.5. The van der Waals surface area contributed by atoms with E-state index < -0.39 is 0 Å². The second-order valence-corrected chi connectivity index (χ2v) is 6.61. The van der Waals surface area contributed by atoms with Gasteiger partial charge in [-0.2, -0.15) is 0 Å². The molecule has 2 aromatic rings. The number of carbonyl (C=O) groups excluding carboxylic acids is 1. The van der Waals surface area contributed by atoms with Crippen LogP contribution in [0.15, 0.2) is 48.5 Å². The Bertz CT molecular complexity index is 816. The Kier molecular flexibility index (Phi) is 6.17. The molecule has 1 fully saturated rings. The van der Waals surface area contributed by atoms with Crippen molar-refractivity contribution in [1.29, 1.82) is 0 Å². The summed E-state index contributed by atoms with van der Waals surface area (Å²) in [6.07, 6.45) is 0. The van der Waals surface area contributed by atoms with Crippen LogP contribution in [0.25, 0.3) is 0 Å². The molecule has 2 aromatic carbocycles. The summed E-state index contributed by atoms with van der Waals surface area (Å²) in [4.78, 5) is 16.4. The second-order valence-electron chi connectivity index (χ2n) is 6.18. The van der Waals surface area contributed by atoms with Crippen LogP contribution in [0.3, 0.4) is 0 Å². The zero-order valence-corrected chi connectivity index (χ0v) is 15.5. The van der Waals surface area contributed by atoms with Gasteiger partial charge < -0.3 is 9.64 Å². The van der Waals surface area contributed by atoms with Crippen LogP contribution in [-0.2, 0) is 11.3 Å². The van der Waals surface area contributed by atoms with Gasteiger partial charge in [0.25, 0.3) is 5.91 Å². The third kappa shape index (κ3) is 5.01. The molecule has 0 atom stereocenters. The molecular weight excluding hydrogens is 348 g/mol. The largest absolute Gasteiger partial charge is 0.497 e. The quantitative estimate of drug-likeness (QED) is 0.781. The molecular formula is C21H21ClN2O2. The summed E-state index contributed by atoms with van der Waals surface area (Å²) in [7, 11) is 1.67. The van der Waals surface area contributed by atoms with Gasteiger partial charge in [-0.3, -0.25) is 9.69 Å². The van der Waals surface area contributed by atoms with Crippen molar-refractivity contribution in [3.05, 3.63) is 64.7 Å². The van der Waals surface area contributed by atoms with E-state index in [0.717, 1.165) is 30.9 Å². The third-order valence-electron chi connectivity index (χ3n) is 4.36. The van der Waals surface area contributed by atoms with Crippen molar-refractivity contribution in [3.63, 3.8) is 0 Å². The number of hydrogen-bond acceptors (Lipinski definition) is 3. The SMILES string of the molecule is COc1ccc(CN2CCN(C(=O)C#Cc3cccc(Cl)c3)CC2)cc1. The Morgan fingerprint density at radius 3 is 2.50 bits per heavy atom. The maximum Gasteiger partial charge on any atom is 0.298 e. The smallest absolute Gasteiger partial charge is 0.298 e. The molecule has 5 heteroatoms. The molecule has 1 aliphatic heterocycles. The van der Waals surface area contributed by atoms with Gasteiger partial charge in [0.15, 0.2) is 0 Å². The van der Waals surface area contributed by atoms with E-state index in [0.29, 0.717) is 18.1 Å². The Labute approximate surface area is 159 Å². The Morgan fingerprint density at radius 2 is 1.85 bits per heavy atom. The minimum Gasteiger partial charge on any atom is -0.497 e. The van der Waals surface area contributed by atoms with Crippen molar-refractivity contribution in [3.8, 4) is 17.6 Å². The van der Waals surface area contributed by atoms with Crippen LogP contribution in [0.4, 0.5) is 0 Å². The van der Waals surface area contributed by atoms with Gasteiger partial charge in [0.2, 0.25) is 0 Å². The van der Waals surface area contributed by atoms with Crippen molar-refractivity contribution in [2.45, 2.75) is 6.54 Å². The van der Waals surface area contributed by atoms with Gasteiger partial charge in [0.1, 0.15) is 5.75 Å². The summed E-state index contributed by atoms with van der Waals surface area (Å²) in [6.45, 7) is 3.95. The number of halogens is 1. The van der Waals surface area contributed by atoms with Crippen molar-refractivity contribution >= 4 is 17.5 Å². The third-order valence-corrected chi connectivity index (χ3v) is 4.60. The minimum atomic E-state index is -0.130. The molecule has 0 bridgehead atoms. The Hall–Kier alpha value is -2.48. The van der Waals surface area contributed by atoms with E-state index in [1.807, 2.05) is 29.2 Å². The van der Waals surface area contributed by atoms with Gasteiger partial charge in [-0.15, -0.1) is 0 Å². The molecule has 3 rings (SSSR count). The number of carbonyl (C=O) groups is 1. The molecule has 0 saturated carbocycles. The van der Waals surface area contributed by atoms with Gasteiger partial charge in [0.05, 0.1) is 7.11 Å². The molecule has 0 aliphatic carbocycles. The van der Waals surface area contributed by atoms with E-state index in [1.54, 1.807) is 19.2 Å². The van der Waals surface area contributed by atoms with Crippen molar-refractivity contribution in [2.75, 3.05) is 33.3 Å². The number of amides is 1. The Morgan fingerprint density at radius 1 is 1.12 bits per heavy atom. The zero-order chi connectivity index (χ0) is 18.4. The molecule has 1 heterocycles.